The Hall–Kier alpha value is -3.07. The lowest BCUT2D eigenvalue weighted by molar-refractivity contribution is -0.192. The van der Waals surface area contributed by atoms with Crippen molar-refractivity contribution in [3.63, 3.8) is 0 Å². The molecule has 1 aliphatic rings. The number of carboxylic acids is 1. The molecule has 1 unspecified atom stereocenters. The number of benzene rings is 2. The third-order valence-corrected chi connectivity index (χ3v) is 4.14. The van der Waals surface area contributed by atoms with Gasteiger partial charge in [-0.25, -0.2) is 4.79 Å². The number of phenols is 1. The van der Waals surface area contributed by atoms with Crippen LogP contribution in [0.15, 0.2) is 54.6 Å². The number of hydrogen-bond acceptors (Lipinski definition) is 4. The molecular weight excluding hydrogens is 377 g/mol. The molecule has 4 N–H and O–H groups in total. The second-order valence-corrected chi connectivity index (χ2v) is 6.14. The summed E-state index contributed by atoms with van der Waals surface area (Å²) < 4.78 is 31.7. The first-order chi connectivity index (χ1) is 13.1. The lowest BCUT2D eigenvalue weighted by atomic mass is 9.97. The van der Waals surface area contributed by atoms with E-state index in [9.17, 15) is 23.1 Å². The molecule has 0 saturated carbocycles. The second kappa shape index (κ2) is 8.75. The Labute approximate surface area is 159 Å². The molecule has 0 bridgehead atoms. The predicted molar refractivity (Wildman–Crippen MR) is 94.4 cm³/mol. The number of nitrogens with two attached hydrogens (primary N) is 1. The molecule has 28 heavy (non-hydrogen) atoms. The number of phenolic OH excluding ortho intramolecular Hbond substituents is 1. The van der Waals surface area contributed by atoms with E-state index in [1.165, 1.54) is 0 Å². The Bertz CT molecular complexity index is 827. The summed E-state index contributed by atoms with van der Waals surface area (Å²) in [6.07, 6.45) is -4.42. The predicted octanol–water partition coefficient (Wildman–Crippen LogP) is 2.67. The van der Waals surface area contributed by atoms with Crippen molar-refractivity contribution in [1.29, 1.82) is 0 Å². The molecule has 1 saturated heterocycles. The van der Waals surface area contributed by atoms with E-state index in [0.717, 1.165) is 11.1 Å². The number of aromatic hydroxyl groups is 1. The molecule has 2 aromatic rings. The number of likely N-dealkylation sites (tertiary alicyclic amines) is 1. The van der Waals surface area contributed by atoms with Gasteiger partial charge in [0.1, 0.15) is 5.75 Å². The number of carboxylic acid groups (broad SMARTS) is 1. The fraction of sp³-hybridized carbons (Fsp3) is 0.263. The minimum absolute atomic E-state index is 0.0350. The minimum atomic E-state index is -5.08. The van der Waals surface area contributed by atoms with E-state index in [0.29, 0.717) is 13.0 Å². The van der Waals surface area contributed by atoms with Gasteiger partial charge in [-0.2, -0.15) is 13.2 Å². The summed E-state index contributed by atoms with van der Waals surface area (Å²) in [6, 6.07) is 16.2. The topological polar surface area (TPSA) is 104 Å². The highest BCUT2D eigenvalue weighted by molar-refractivity contribution is 5.84. The van der Waals surface area contributed by atoms with Crippen LogP contribution < -0.4 is 5.73 Å². The van der Waals surface area contributed by atoms with Gasteiger partial charge in [0.15, 0.2) is 0 Å². The van der Waals surface area contributed by atoms with Crippen molar-refractivity contribution in [3.8, 4) is 5.75 Å². The van der Waals surface area contributed by atoms with Crippen molar-refractivity contribution in [2.45, 2.75) is 24.7 Å². The quantitative estimate of drug-likeness (QED) is 0.740. The Kier molecular flexibility index (Phi) is 6.63. The molecule has 3 rings (SSSR count). The first kappa shape index (κ1) is 21.2. The van der Waals surface area contributed by atoms with Crippen LogP contribution in [0.3, 0.4) is 0 Å². The second-order valence-electron chi connectivity index (χ2n) is 6.14. The van der Waals surface area contributed by atoms with E-state index in [1.54, 1.807) is 23.1 Å². The van der Waals surface area contributed by atoms with Crippen LogP contribution in [0, 0.1) is 0 Å². The number of nitrogens with zero attached hydrogens (tertiary/aromatic N) is 1. The molecule has 1 amide bonds. The number of aliphatic carboxylic acids is 1. The minimum Gasteiger partial charge on any atom is -0.508 e. The van der Waals surface area contributed by atoms with Crippen LogP contribution in [-0.2, 0) is 9.59 Å². The highest BCUT2D eigenvalue weighted by atomic mass is 19.4. The zero-order valence-electron chi connectivity index (χ0n) is 14.6. The first-order valence-corrected chi connectivity index (χ1v) is 8.31. The van der Waals surface area contributed by atoms with Crippen molar-refractivity contribution in [3.05, 3.63) is 65.7 Å². The molecule has 150 valence electrons. The fourth-order valence-corrected chi connectivity index (χ4v) is 2.86. The third kappa shape index (κ3) is 5.23. The number of carbonyl (C=O) groups is 2. The average Bonchev–Trinajstić information content (AvgIpc) is 2.95. The summed E-state index contributed by atoms with van der Waals surface area (Å²) in [6.45, 7) is 0.634. The van der Waals surface area contributed by atoms with E-state index >= 15 is 0 Å². The monoisotopic (exact) mass is 396 g/mol. The molecule has 1 aliphatic heterocycles. The highest BCUT2D eigenvalue weighted by Crippen LogP contribution is 2.33. The van der Waals surface area contributed by atoms with Crippen molar-refractivity contribution in [2.24, 2.45) is 5.73 Å². The van der Waals surface area contributed by atoms with Crippen molar-refractivity contribution in [1.82, 2.24) is 4.90 Å². The maximum atomic E-state index is 12.3. The zero-order chi connectivity index (χ0) is 20.9. The number of alkyl halides is 3. The maximum absolute atomic E-state index is 12.3. The summed E-state index contributed by atoms with van der Waals surface area (Å²) in [4.78, 5) is 23.0. The van der Waals surface area contributed by atoms with Gasteiger partial charge >= 0.3 is 12.1 Å². The molecule has 0 aromatic heterocycles. The maximum Gasteiger partial charge on any atom is 0.490 e. The van der Waals surface area contributed by atoms with E-state index in [-0.39, 0.29) is 17.7 Å². The van der Waals surface area contributed by atoms with Crippen LogP contribution in [0.2, 0.25) is 0 Å². The smallest absolute Gasteiger partial charge is 0.490 e. The average molecular weight is 396 g/mol. The Morgan fingerprint density at radius 2 is 1.68 bits per heavy atom. The van der Waals surface area contributed by atoms with E-state index in [4.69, 9.17) is 15.6 Å². The Morgan fingerprint density at radius 1 is 1.11 bits per heavy atom. The van der Waals surface area contributed by atoms with Gasteiger partial charge in [-0.05, 0) is 29.7 Å². The van der Waals surface area contributed by atoms with Crippen LogP contribution in [0.1, 0.15) is 23.6 Å². The molecular formula is C19H19F3N2O4. The lowest BCUT2D eigenvalue weighted by Crippen LogP contribution is -2.37. The summed E-state index contributed by atoms with van der Waals surface area (Å²) in [7, 11) is 0. The van der Waals surface area contributed by atoms with Crippen LogP contribution in [-0.4, -0.2) is 45.8 Å². The highest BCUT2D eigenvalue weighted by Gasteiger charge is 2.38. The van der Waals surface area contributed by atoms with Crippen molar-refractivity contribution in [2.75, 3.05) is 6.54 Å². The summed E-state index contributed by atoms with van der Waals surface area (Å²) in [5.74, 6) is -2.59. The van der Waals surface area contributed by atoms with Gasteiger partial charge in [-0.3, -0.25) is 4.79 Å². The van der Waals surface area contributed by atoms with Gasteiger partial charge in [0.2, 0.25) is 5.91 Å². The van der Waals surface area contributed by atoms with Crippen molar-refractivity contribution >= 4 is 11.9 Å². The molecule has 9 heteroatoms. The van der Waals surface area contributed by atoms with Crippen LogP contribution >= 0.6 is 0 Å². The van der Waals surface area contributed by atoms with Crippen LogP contribution in [0.5, 0.6) is 5.75 Å². The van der Waals surface area contributed by atoms with E-state index < -0.39 is 18.2 Å². The Balaban J connectivity index is 0.000000345. The summed E-state index contributed by atoms with van der Waals surface area (Å²) in [5, 5.41) is 16.9. The molecule has 1 heterocycles. The van der Waals surface area contributed by atoms with Gasteiger partial charge in [-0.1, -0.05) is 42.5 Å². The molecule has 0 aliphatic carbocycles. The van der Waals surface area contributed by atoms with Gasteiger partial charge in [0.05, 0.1) is 12.1 Å². The van der Waals surface area contributed by atoms with Gasteiger partial charge < -0.3 is 20.8 Å². The van der Waals surface area contributed by atoms with E-state index in [1.807, 2.05) is 36.4 Å². The molecule has 2 aromatic carbocycles. The summed E-state index contributed by atoms with van der Waals surface area (Å²) in [5.41, 5.74) is 7.76. The SMILES string of the molecule is N[C@H]1CCN(C(c2ccccc2)c2cccc(O)c2)C1=O.O=C(O)C(F)(F)F. The Morgan fingerprint density at radius 3 is 2.14 bits per heavy atom. The standard InChI is InChI=1S/C17H18N2O2.C2HF3O2/c18-15-9-10-19(17(15)21)16(12-5-2-1-3-6-12)13-7-4-8-14(20)11-13;3-2(4,5)1(6)7/h1-8,11,15-16,20H,9-10,18H2;(H,6,7)/t15-,16?;/m0./s1. The lowest BCUT2D eigenvalue weighted by Gasteiger charge is -2.29. The fourth-order valence-electron chi connectivity index (χ4n) is 2.86. The molecule has 0 radical (unpaired) electrons. The van der Waals surface area contributed by atoms with Gasteiger partial charge in [-0.15, -0.1) is 0 Å². The molecule has 2 atom stereocenters. The van der Waals surface area contributed by atoms with Gasteiger partial charge in [0, 0.05) is 6.54 Å². The number of carbonyl (C=O) groups excluding carboxylic acids is 1. The number of rotatable bonds is 3. The third-order valence-electron chi connectivity index (χ3n) is 4.14. The van der Waals surface area contributed by atoms with Crippen molar-refractivity contribution < 1.29 is 33.0 Å². The van der Waals surface area contributed by atoms with Crippen LogP contribution in [0.25, 0.3) is 0 Å². The van der Waals surface area contributed by atoms with Crippen LogP contribution in [0.4, 0.5) is 13.2 Å². The largest absolute Gasteiger partial charge is 0.508 e. The van der Waals surface area contributed by atoms with Gasteiger partial charge in [0.25, 0.3) is 0 Å². The number of amides is 1. The molecule has 6 nitrogen and oxygen atoms in total. The normalized spacial score (nSPS) is 17.6. The number of halogens is 3. The van der Waals surface area contributed by atoms with E-state index in [2.05, 4.69) is 0 Å². The summed E-state index contributed by atoms with van der Waals surface area (Å²) >= 11 is 0. The first-order valence-electron chi connectivity index (χ1n) is 8.31. The zero-order valence-corrected chi connectivity index (χ0v) is 14.6. The number of hydrogen-bond donors (Lipinski definition) is 3. The molecule has 1 fully saturated rings. The molecule has 0 spiro atoms.